The van der Waals surface area contributed by atoms with Crippen molar-refractivity contribution in [2.24, 2.45) is 0 Å². The summed E-state index contributed by atoms with van der Waals surface area (Å²) in [4.78, 5) is 20.3. The lowest BCUT2D eigenvalue weighted by Gasteiger charge is -2.47. The van der Waals surface area contributed by atoms with Crippen molar-refractivity contribution < 1.29 is 60.0 Å². The Morgan fingerprint density at radius 1 is 0.976 bits per heavy atom. The van der Waals surface area contributed by atoms with E-state index in [1.54, 1.807) is 6.26 Å². The van der Waals surface area contributed by atoms with Gasteiger partial charge in [0.2, 0.25) is 0 Å². The number of carbonyl (C=O) groups is 2. The lowest BCUT2D eigenvalue weighted by Crippen LogP contribution is -2.52. The number of piperidine rings is 1. The van der Waals surface area contributed by atoms with E-state index in [1.807, 2.05) is 6.07 Å². The van der Waals surface area contributed by atoms with Gasteiger partial charge in [-0.25, -0.2) is 9.59 Å². The number of furan rings is 1. The number of rotatable bonds is 4. The van der Waals surface area contributed by atoms with Gasteiger partial charge in [-0.15, -0.1) is 0 Å². The van der Waals surface area contributed by atoms with E-state index in [4.69, 9.17) is 33.7 Å². The van der Waals surface area contributed by atoms with Crippen molar-refractivity contribution in [3.63, 3.8) is 0 Å². The van der Waals surface area contributed by atoms with Gasteiger partial charge in [-0.2, -0.15) is 26.3 Å². The summed E-state index contributed by atoms with van der Waals surface area (Å²) in [6, 6.07) is 13.4. The molecule has 3 N–H and O–H groups in total. The number of carboxylic acid groups (broad SMARTS) is 2. The topological polar surface area (TPSA) is 121 Å². The molecule has 2 aromatic rings. The second-order valence-electron chi connectivity index (χ2n) is 9.77. The number of hydrogen-bond donors (Lipinski definition) is 3. The van der Waals surface area contributed by atoms with E-state index < -0.39 is 24.3 Å². The highest BCUT2D eigenvalue weighted by molar-refractivity contribution is 5.73. The fraction of sp³-hybridized carbons (Fsp3) is 0.538. The molecule has 41 heavy (non-hydrogen) atoms. The molecular weight excluding hydrogens is 566 g/mol. The fourth-order valence-corrected chi connectivity index (χ4v) is 4.77. The Morgan fingerprint density at radius 2 is 1.59 bits per heavy atom. The van der Waals surface area contributed by atoms with Crippen molar-refractivity contribution in [1.29, 1.82) is 0 Å². The molecule has 9 nitrogen and oxygen atoms in total. The Balaban J connectivity index is 0.000000276. The van der Waals surface area contributed by atoms with Gasteiger partial charge in [0.1, 0.15) is 17.1 Å². The molecule has 228 valence electrons. The smallest absolute Gasteiger partial charge is 0.487 e. The molecule has 0 radical (unpaired) electrons. The Labute approximate surface area is 231 Å². The molecule has 0 bridgehead atoms. The van der Waals surface area contributed by atoms with Gasteiger partial charge in [0.05, 0.1) is 19.4 Å². The summed E-state index contributed by atoms with van der Waals surface area (Å²) in [5.41, 5.74) is 1.23. The first-order valence-electron chi connectivity index (χ1n) is 12.7. The summed E-state index contributed by atoms with van der Waals surface area (Å²) in [5, 5.41) is 18.1. The van der Waals surface area contributed by atoms with E-state index in [-0.39, 0.29) is 5.60 Å². The predicted octanol–water partition coefficient (Wildman–Crippen LogP) is 4.78. The lowest BCUT2D eigenvalue weighted by atomic mass is 9.80. The zero-order chi connectivity index (χ0) is 30.3. The van der Waals surface area contributed by atoms with Crippen LogP contribution >= 0.6 is 0 Å². The molecule has 2 unspecified atom stereocenters. The number of halogens is 6. The summed E-state index contributed by atoms with van der Waals surface area (Å²) in [6.45, 7) is 4.67. The predicted molar refractivity (Wildman–Crippen MR) is 130 cm³/mol. The normalized spacial score (nSPS) is 21.9. The summed E-state index contributed by atoms with van der Waals surface area (Å²) in [7, 11) is 0. The average Bonchev–Trinajstić information content (AvgIpc) is 3.60. The van der Waals surface area contributed by atoms with Crippen molar-refractivity contribution in [3.8, 4) is 5.75 Å². The zero-order valence-corrected chi connectivity index (χ0v) is 21.7. The second-order valence-corrected chi connectivity index (χ2v) is 9.77. The Bertz CT molecular complexity index is 1100. The van der Waals surface area contributed by atoms with E-state index >= 15 is 0 Å². The molecule has 15 heteroatoms. The summed E-state index contributed by atoms with van der Waals surface area (Å²) < 4.78 is 81.2. The van der Waals surface area contributed by atoms with E-state index in [0.29, 0.717) is 12.1 Å². The van der Waals surface area contributed by atoms with Gasteiger partial charge in [0.15, 0.2) is 0 Å². The first kappa shape index (κ1) is 32.2. The minimum atomic E-state index is -5.08. The number of carboxylic acids is 2. The molecule has 4 heterocycles. The minimum absolute atomic E-state index is 0.0643. The number of para-hydroxylation sites is 1. The lowest BCUT2D eigenvalue weighted by molar-refractivity contribution is -0.193. The maximum atomic E-state index is 10.6. The molecule has 1 spiro atoms. The summed E-state index contributed by atoms with van der Waals surface area (Å²) >= 11 is 0. The van der Waals surface area contributed by atoms with Gasteiger partial charge >= 0.3 is 24.3 Å². The summed E-state index contributed by atoms with van der Waals surface area (Å²) in [5.74, 6) is -3.42. The van der Waals surface area contributed by atoms with Crippen LogP contribution in [0.5, 0.6) is 5.75 Å². The van der Waals surface area contributed by atoms with E-state index in [2.05, 4.69) is 40.5 Å². The first-order chi connectivity index (χ1) is 19.2. The van der Waals surface area contributed by atoms with Crippen LogP contribution in [0, 0.1) is 0 Å². The van der Waals surface area contributed by atoms with Gasteiger partial charge < -0.3 is 29.4 Å². The standard InChI is InChI=1S/C22H28N2O3.2C2HF3O2/c1-2-6-21-19(5-1)20(23-17-7-13-25-16-17)14-22(27-21)8-10-24(11-9-22)15-18-4-3-12-26-18;2*3-2(4,5)1(6)7/h1-6,12,17,20,23H,7-11,13-16H2;2*(H,6,7). The fourth-order valence-electron chi connectivity index (χ4n) is 4.77. The van der Waals surface area contributed by atoms with Gasteiger partial charge in [-0.3, -0.25) is 4.90 Å². The molecular formula is C26H30F6N2O7. The maximum Gasteiger partial charge on any atom is 0.490 e. The van der Waals surface area contributed by atoms with Crippen molar-refractivity contribution >= 4 is 11.9 Å². The molecule has 2 atom stereocenters. The largest absolute Gasteiger partial charge is 0.490 e. The number of alkyl halides is 6. The van der Waals surface area contributed by atoms with Crippen molar-refractivity contribution in [1.82, 2.24) is 10.2 Å². The monoisotopic (exact) mass is 596 g/mol. The number of fused-ring (bicyclic) bond motifs is 1. The van der Waals surface area contributed by atoms with Crippen LogP contribution in [0.25, 0.3) is 0 Å². The average molecular weight is 597 g/mol. The SMILES string of the molecule is O=C(O)C(F)(F)F.O=C(O)C(F)(F)F.c1coc(CN2CCC3(CC2)CC(NC2CCOC2)c2ccccc2O3)c1. The minimum Gasteiger partial charge on any atom is -0.487 e. The van der Waals surface area contributed by atoms with Crippen LogP contribution in [0.15, 0.2) is 47.1 Å². The number of ether oxygens (including phenoxy) is 2. The van der Waals surface area contributed by atoms with Crippen LogP contribution < -0.4 is 10.1 Å². The number of likely N-dealkylation sites (tertiary alicyclic amines) is 1. The Morgan fingerprint density at radius 3 is 2.10 bits per heavy atom. The van der Waals surface area contributed by atoms with Gasteiger partial charge in [-0.05, 0) is 37.5 Å². The van der Waals surface area contributed by atoms with Crippen LogP contribution in [0.2, 0.25) is 0 Å². The number of benzene rings is 1. The van der Waals surface area contributed by atoms with E-state index in [9.17, 15) is 26.3 Å². The third-order valence-electron chi connectivity index (χ3n) is 6.78. The number of nitrogens with zero attached hydrogens (tertiary/aromatic N) is 1. The summed E-state index contributed by atoms with van der Waals surface area (Å²) in [6.07, 6.45) is -4.16. The molecule has 0 saturated carbocycles. The van der Waals surface area contributed by atoms with Crippen molar-refractivity contribution in [2.45, 2.75) is 62.3 Å². The van der Waals surface area contributed by atoms with Crippen molar-refractivity contribution in [2.75, 3.05) is 26.3 Å². The first-order valence-corrected chi connectivity index (χ1v) is 12.7. The number of aliphatic carboxylic acids is 2. The highest BCUT2D eigenvalue weighted by atomic mass is 19.4. The highest BCUT2D eigenvalue weighted by Crippen LogP contribution is 2.44. The molecule has 1 aromatic carbocycles. The van der Waals surface area contributed by atoms with Crippen molar-refractivity contribution in [3.05, 3.63) is 54.0 Å². The zero-order valence-electron chi connectivity index (χ0n) is 21.7. The molecule has 0 amide bonds. The molecule has 3 aliphatic rings. The maximum absolute atomic E-state index is 10.6. The molecule has 5 rings (SSSR count). The molecule has 2 saturated heterocycles. The Hall–Kier alpha value is -3.30. The second kappa shape index (κ2) is 13.6. The van der Waals surface area contributed by atoms with Gasteiger partial charge in [0.25, 0.3) is 0 Å². The van der Waals surface area contributed by atoms with Crippen LogP contribution in [-0.2, 0) is 20.9 Å². The quantitative estimate of drug-likeness (QED) is 0.428. The number of hydrogen-bond acceptors (Lipinski definition) is 7. The van der Waals surface area contributed by atoms with Crippen LogP contribution in [0.3, 0.4) is 0 Å². The third-order valence-corrected chi connectivity index (χ3v) is 6.78. The van der Waals surface area contributed by atoms with E-state index in [1.165, 1.54) is 5.56 Å². The molecule has 1 aromatic heterocycles. The third kappa shape index (κ3) is 9.64. The molecule has 0 aliphatic carbocycles. The number of nitrogens with one attached hydrogen (secondary N) is 1. The van der Waals surface area contributed by atoms with Crippen LogP contribution in [0.4, 0.5) is 26.3 Å². The highest BCUT2D eigenvalue weighted by Gasteiger charge is 2.44. The van der Waals surface area contributed by atoms with Crippen LogP contribution in [-0.4, -0.2) is 77.4 Å². The van der Waals surface area contributed by atoms with E-state index in [0.717, 1.165) is 70.0 Å². The molecule has 2 fully saturated rings. The Kier molecular flexibility index (Phi) is 10.7. The molecule has 3 aliphatic heterocycles. The van der Waals surface area contributed by atoms with Gasteiger partial charge in [-0.1, -0.05) is 18.2 Å². The van der Waals surface area contributed by atoms with Crippen LogP contribution in [0.1, 0.15) is 43.0 Å². The van der Waals surface area contributed by atoms with Gasteiger partial charge in [0, 0.05) is 43.8 Å².